The van der Waals surface area contributed by atoms with Gasteiger partial charge in [0.05, 0.1) is 5.60 Å². The van der Waals surface area contributed by atoms with Crippen molar-refractivity contribution in [2.24, 2.45) is 5.73 Å². The summed E-state index contributed by atoms with van der Waals surface area (Å²) in [6, 6.07) is 0.836. The molecule has 2 fully saturated rings. The fourth-order valence-corrected chi connectivity index (χ4v) is 3.03. The number of aliphatic hydroxyl groups is 1. The minimum atomic E-state index is -0.480. The van der Waals surface area contributed by atoms with E-state index in [-0.39, 0.29) is 0 Å². The highest BCUT2D eigenvalue weighted by molar-refractivity contribution is 4.93. The molecule has 1 aliphatic carbocycles. The van der Waals surface area contributed by atoms with Crippen LogP contribution in [0.2, 0.25) is 0 Å². The van der Waals surface area contributed by atoms with Crippen LogP contribution in [0.15, 0.2) is 0 Å². The molecule has 2 rings (SSSR count). The maximum Gasteiger partial charge on any atom is 0.0758 e. The topological polar surface area (TPSA) is 49.5 Å². The summed E-state index contributed by atoms with van der Waals surface area (Å²) in [5.41, 5.74) is 5.74. The highest BCUT2D eigenvalue weighted by atomic mass is 16.3. The van der Waals surface area contributed by atoms with Crippen LogP contribution in [0.3, 0.4) is 0 Å². The third-order valence-corrected chi connectivity index (χ3v) is 3.98. The van der Waals surface area contributed by atoms with Crippen molar-refractivity contribution in [3.05, 3.63) is 0 Å². The number of nitrogens with two attached hydrogens (primary N) is 1. The van der Waals surface area contributed by atoms with Gasteiger partial charge in [-0.2, -0.15) is 0 Å². The van der Waals surface area contributed by atoms with E-state index in [1.165, 1.54) is 25.7 Å². The Labute approximate surface area is 92.6 Å². The van der Waals surface area contributed by atoms with Gasteiger partial charge in [0.1, 0.15) is 0 Å². The number of hydrogen-bond acceptors (Lipinski definition) is 3. The third-order valence-electron chi connectivity index (χ3n) is 3.98. The molecule has 0 aromatic carbocycles. The molecular weight excluding hydrogens is 188 g/mol. The third kappa shape index (κ3) is 2.71. The number of likely N-dealkylation sites (tertiary alicyclic amines) is 1. The number of rotatable bonds is 1. The Morgan fingerprint density at radius 3 is 2.67 bits per heavy atom. The first kappa shape index (κ1) is 11.4. The first-order valence-corrected chi connectivity index (χ1v) is 6.30. The van der Waals surface area contributed by atoms with Crippen molar-refractivity contribution >= 4 is 0 Å². The van der Waals surface area contributed by atoms with Crippen molar-refractivity contribution < 1.29 is 5.11 Å². The van der Waals surface area contributed by atoms with Gasteiger partial charge in [0, 0.05) is 25.2 Å². The van der Waals surface area contributed by atoms with Gasteiger partial charge in [-0.25, -0.2) is 0 Å². The fraction of sp³-hybridized carbons (Fsp3) is 1.00. The molecule has 15 heavy (non-hydrogen) atoms. The van der Waals surface area contributed by atoms with E-state index >= 15 is 0 Å². The molecule has 0 aromatic rings. The molecule has 0 bridgehead atoms. The quantitative estimate of drug-likeness (QED) is 0.640. The normalized spacial score (nSPS) is 44.2. The van der Waals surface area contributed by atoms with Crippen LogP contribution in [-0.2, 0) is 0 Å². The molecule has 0 aromatic heterocycles. The van der Waals surface area contributed by atoms with Crippen molar-refractivity contribution in [2.45, 2.75) is 63.1 Å². The molecule has 0 amide bonds. The second kappa shape index (κ2) is 4.40. The van der Waals surface area contributed by atoms with Crippen LogP contribution in [0.1, 0.15) is 45.4 Å². The van der Waals surface area contributed by atoms with Crippen LogP contribution in [0.5, 0.6) is 0 Å². The minimum absolute atomic E-state index is 0.321. The smallest absolute Gasteiger partial charge is 0.0758 e. The molecular formula is C12H24N2O. The maximum absolute atomic E-state index is 9.97. The van der Waals surface area contributed by atoms with Crippen molar-refractivity contribution in [2.75, 3.05) is 13.1 Å². The molecule has 3 N–H and O–H groups in total. The van der Waals surface area contributed by atoms with Crippen molar-refractivity contribution in [1.29, 1.82) is 0 Å². The Kier molecular flexibility index (Phi) is 3.33. The molecule has 1 saturated carbocycles. The van der Waals surface area contributed by atoms with Gasteiger partial charge in [-0.1, -0.05) is 19.3 Å². The molecule has 3 unspecified atom stereocenters. The second-order valence-electron chi connectivity index (χ2n) is 5.59. The molecule has 0 radical (unpaired) electrons. The van der Waals surface area contributed by atoms with E-state index in [1.54, 1.807) is 0 Å². The van der Waals surface area contributed by atoms with Crippen LogP contribution < -0.4 is 5.73 Å². The van der Waals surface area contributed by atoms with E-state index in [9.17, 15) is 5.11 Å². The molecule has 2 aliphatic rings. The summed E-state index contributed by atoms with van der Waals surface area (Å²) in [4.78, 5) is 2.41. The van der Waals surface area contributed by atoms with Gasteiger partial charge in [0.15, 0.2) is 0 Å². The van der Waals surface area contributed by atoms with Crippen LogP contribution in [-0.4, -0.2) is 40.8 Å². The van der Waals surface area contributed by atoms with Crippen LogP contribution in [0.4, 0.5) is 0 Å². The number of β-amino-alcohol motifs (C(OH)–C–C–N with tert-alkyl or cyclic N) is 1. The first-order valence-electron chi connectivity index (χ1n) is 6.30. The van der Waals surface area contributed by atoms with Gasteiger partial charge in [0.2, 0.25) is 0 Å². The average molecular weight is 212 g/mol. The zero-order valence-corrected chi connectivity index (χ0v) is 9.78. The van der Waals surface area contributed by atoms with Gasteiger partial charge < -0.3 is 10.8 Å². The van der Waals surface area contributed by atoms with Crippen LogP contribution >= 0.6 is 0 Å². The van der Waals surface area contributed by atoms with E-state index in [1.807, 2.05) is 6.92 Å². The zero-order valence-electron chi connectivity index (χ0n) is 9.78. The lowest BCUT2D eigenvalue weighted by Gasteiger charge is -2.31. The van der Waals surface area contributed by atoms with E-state index in [2.05, 4.69) is 4.90 Å². The predicted octanol–water partition coefficient (Wildman–Crippen LogP) is 1.10. The summed E-state index contributed by atoms with van der Waals surface area (Å²) in [6.07, 6.45) is 7.18. The van der Waals surface area contributed by atoms with E-state index in [0.717, 1.165) is 25.9 Å². The van der Waals surface area contributed by atoms with Gasteiger partial charge >= 0.3 is 0 Å². The lowest BCUT2D eigenvalue weighted by Crippen LogP contribution is -2.47. The zero-order chi connectivity index (χ0) is 10.9. The first-order chi connectivity index (χ1) is 7.08. The Balaban J connectivity index is 1.96. The van der Waals surface area contributed by atoms with E-state index in [4.69, 9.17) is 5.73 Å². The lowest BCUT2D eigenvalue weighted by molar-refractivity contribution is 0.0588. The van der Waals surface area contributed by atoms with Crippen molar-refractivity contribution in [3.8, 4) is 0 Å². The standard InChI is InChI=1S/C12H24N2O/c1-12(15)7-8-14(9-12)11-6-4-2-3-5-10(11)13/h10-11,15H,2-9,13H2,1H3. The van der Waals surface area contributed by atoms with Gasteiger partial charge in [-0.3, -0.25) is 4.90 Å². The van der Waals surface area contributed by atoms with Crippen molar-refractivity contribution in [1.82, 2.24) is 4.90 Å². The maximum atomic E-state index is 9.97. The van der Waals surface area contributed by atoms with Crippen LogP contribution in [0.25, 0.3) is 0 Å². The van der Waals surface area contributed by atoms with Gasteiger partial charge in [0.25, 0.3) is 0 Å². The Bertz CT molecular complexity index is 218. The Morgan fingerprint density at radius 2 is 2.00 bits per heavy atom. The summed E-state index contributed by atoms with van der Waals surface area (Å²) < 4.78 is 0. The predicted molar refractivity (Wildman–Crippen MR) is 61.7 cm³/mol. The fourth-order valence-electron chi connectivity index (χ4n) is 3.03. The largest absolute Gasteiger partial charge is 0.389 e. The summed E-state index contributed by atoms with van der Waals surface area (Å²) >= 11 is 0. The molecule has 1 saturated heterocycles. The average Bonchev–Trinajstić information content (AvgIpc) is 2.39. The summed E-state index contributed by atoms with van der Waals surface area (Å²) in [5.74, 6) is 0. The van der Waals surface area contributed by atoms with Crippen molar-refractivity contribution in [3.63, 3.8) is 0 Å². The highest BCUT2D eigenvalue weighted by Gasteiger charge is 2.37. The molecule has 88 valence electrons. The van der Waals surface area contributed by atoms with E-state index in [0.29, 0.717) is 12.1 Å². The molecule has 1 aliphatic heterocycles. The van der Waals surface area contributed by atoms with Crippen LogP contribution in [0, 0.1) is 0 Å². The Hall–Kier alpha value is -0.120. The second-order valence-corrected chi connectivity index (χ2v) is 5.59. The SMILES string of the molecule is CC1(O)CCN(C2CCCCCC2N)C1. The summed E-state index contributed by atoms with van der Waals surface area (Å²) in [7, 11) is 0. The number of nitrogens with zero attached hydrogens (tertiary/aromatic N) is 1. The Morgan fingerprint density at radius 1 is 1.27 bits per heavy atom. The number of hydrogen-bond donors (Lipinski definition) is 2. The highest BCUT2D eigenvalue weighted by Crippen LogP contribution is 2.28. The lowest BCUT2D eigenvalue weighted by atomic mass is 10.0. The molecule has 0 spiro atoms. The van der Waals surface area contributed by atoms with Gasteiger partial charge in [-0.05, 0) is 26.2 Å². The summed E-state index contributed by atoms with van der Waals surface area (Å²) in [6.45, 7) is 3.77. The van der Waals surface area contributed by atoms with Gasteiger partial charge in [-0.15, -0.1) is 0 Å². The molecule has 3 nitrogen and oxygen atoms in total. The molecule has 1 heterocycles. The molecule has 3 heteroatoms. The molecule has 3 atom stereocenters. The summed E-state index contributed by atoms with van der Waals surface area (Å²) in [5, 5.41) is 9.97. The van der Waals surface area contributed by atoms with E-state index < -0.39 is 5.60 Å². The minimum Gasteiger partial charge on any atom is -0.389 e. The monoisotopic (exact) mass is 212 g/mol.